The molecule has 3 nitrogen and oxygen atoms in total. The van der Waals surface area contributed by atoms with E-state index in [9.17, 15) is 4.79 Å². The number of aromatic nitrogens is 1. The molecular formula is C15H13NO2. The third-order valence-corrected chi connectivity index (χ3v) is 2.33. The lowest BCUT2D eigenvalue weighted by Crippen LogP contribution is -2.02. The molecule has 1 aromatic carbocycles. The van der Waals surface area contributed by atoms with Crippen LogP contribution < -0.4 is 4.74 Å². The highest BCUT2D eigenvalue weighted by Gasteiger charge is 2.01. The van der Waals surface area contributed by atoms with Crippen LogP contribution in [0.3, 0.4) is 0 Å². The van der Waals surface area contributed by atoms with Crippen molar-refractivity contribution in [3.63, 3.8) is 0 Å². The second kappa shape index (κ2) is 5.77. The molecule has 3 heteroatoms. The summed E-state index contributed by atoms with van der Waals surface area (Å²) in [5.41, 5.74) is 1.91. The summed E-state index contributed by atoms with van der Waals surface area (Å²) in [5.74, 6) is 0.245. The first kappa shape index (κ1) is 12.0. The second-order valence-electron chi connectivity index (χ2n) is 3.75. The zero-order valence-electron chi connectivity index (χ0n) is 10.0. The monoisotopic (exact) mass is 239 g/mol. The molecule has 0 aliphatic rings. The minimum absolute atomic E-state index is 0.320. The van der Waals surface area contributed by atoms with Gasteiger partial charge in [0.15, 0.2) is 0 Å². The van der Waals surface area contributed by atoms with Gasteiger partial charge in [-0.1, -0.05) is 30.4 Å². The number of ether oxygens (including phenoxy) is 1. The van der Waals surface area contributed by atoms with E-state index in [2.05, 4.69) is 4.98 Å². The smallest absolute Gasteiger partial charge is 0.308 e. The highest BCUT2D eigenvalue weighted by molar-refractivity contribution is 5.76. The summed E-state index contributed by atoms with van der Waals surface area (Å²) in [4.78, 5) is 14.9. The fraction of sp³-hybridized carbons (Fsp3) is 0.0667. The molecule has 1 heterocycles. The van der Waals surface area contributed by atoms with E-state index >= 15 is 0 Å². The molecule has 0 saturated heterocycles. The minimum Gasteiger partial charge on any atom is -0.426 e. The van der Waals surface area contributed by atoms with Gasteiger partial charge in [-0.3, -0.25) is 9.78 Å². The van der Waals surface area contributed by atoms with Crippen LogP contribution in [0.5, 0.6) is 5.75 Å². The third-order valence-electron chi connectivity index (χ3n) is 2.33. The zero-order valence-corrected chi connectivity index (χ0v) is 10.0. The van der Waals surface area contributed by atoms with E-state index in [0.29, 0.717) is 5.75 Å². The number of pyridine rings is 1. The van der Waals surface area contributed by atoms with E-state index in [1.807, 2.05) is 42.5 Å². The van der Waals surface area contributed by atoms with Crippen molar-refractivity contribution in [3.8, 4) is 5.75 Å². The van der Waals surface area contributed by atoms with Crippen LogP contribution in [0.15, 0.2) is 48.8 Å². The molecule has 0 aliphatic heterocycles. The van der Waals surface area contributed by atoms with Gasteiger partial charge >= 0.3 is 5.97 Å². The summed E-state index contributed by atoms with van der Waals surface area (Å²) >= 11 is 0. The topological polar surface area (TPSA) is 39.2 Å². The average molecular weight is 239 g/mol. The fourth-order valence-corrected chi connectivity index (χ4v) is 1.53. The van der Waals surface area contributed by atoms with Gasteiger partial charge in [-0.25, -0.2) is 0 Å². The van der Waals surface area contributed by atoms with Crippen LogP contribution in [-0.4, -0.2) is 11.0 Å². The van der Waals surface area contributed by atoms with Gasteiger partial charge in [0.2, 0.25) is 0 Å². The number of para-hydroxylation sites is 1. The summed E-state index contributed by atoms with van der Waals surface area (Å²) in [7, 11) is 0. The van der Waals surface area contributed by atoms with Crippen LogP contribution in [0, 0.1) is 0 Å². The molecule has 0 radical (unpaired) electrons. The van der Waals surface area contributed by atoms with Crippen molar-refractivity contribution in [2.24, 2.45) is 0 Å². The molecule has 0 spiro atoms. The van der Waals surface area contributed by atoms with E-state index in [1.165, 1.54) is 6.92 Å². The molecule has 0 bridgehead atoms. The molecule has 90 valence electrons. The van der Waals surface area contributed by atoms with Crippen molar-refractivity contribution in [1.82, 2.24) is 4.98 Å². The van der Waals surface area contributed by atoms with E-state index in [-0.39, 0.29) is 5.97 Å². The highest BCUT2D eigenvalue weighted by atomic mass is 16.5. The molecule has 18 heavy (non-hydrogen) atoms. The van der Waals surface area contributed by atoms with Gasteiger partial charge in [0.25, 0.3) is 0 Å². The number of benzene rings is 1. The van der Waals surface area contributed by atoms with Gasteiger partial charge in [0.1, 0.15) is 5.75 Å². The Kier molecular flexibility index (Phi) is 3.86. The first-order valence-electron chi connectivity index (χ1n) is 5.61. The highest BCUT2D eigenvalue weighted by Crippen LogP contribution is 2.20. The Morgan fingerprint density at radius 2 is 1.83 bits per heavy atom. The average Bonchev–Trinajstić information content (AvgIpc) is 2.38. The number of nitrogens with zero attached hydrogens (tertiary/aromatic N) is 1. The molecule has 0 unspecified atom stereocenters. The maximum atomic E-state index is 11.0. The Morgan fingerprint density at radius 1 is 1.11 bits per heavy atom. The number of carbonyl (C=O) groups is 1. The summed E-state index contributed by atoms with van der Waals surface area (Å²) in [6.45, 7) is 1.39. The van der Waals surface area contributed by atoms with Gasteiger partial charge in [0, 0.05) is 24.9 Å². The summed E-state index contributed by atoms with van der Waals surface area (Å²) in [5, 5.41) is 0. The van der Waals surface area contributed by atoms with Gasteiger partial charge in [-0.2, -0.15) is 0 Å². The quantitative estimate of drug-likeness (QED) is 0.610. The molecule has 2 rings (SSSR count). The lowest BCUT2D eigenvalue weighted by Gasteiger charge is -2.04. The molecule has 0 N–H and O–H groups in total. The number of carbonyl (C=O) groups excluding carboxylic acids is 1. The standard InChI is InChI=1S/C15H13NO2/c1-12(17)18-15-5-3-2-4-14(15)7-6-13-8-10-16-11-9-13/h2-11H,1H3/b7-6+. The van der Waals surface area contributed by atoms with Gasteiger partial charge in [-0.15, -0.1) is 0 Å². The Balaban J connectivity index is 2.23. The molecule has 0 aliphatic carbocycles. The van der Waals surface area contributed by atoms with E-state index in [1.54, 1.807) is 18.5 Å². The molecule has 2 aromatic rings. The Labute approximate surface area is 106 Å². The molecule has 0 saturated carbocycles. The molecule has 0 atom stereocenters. The summed E-state index contributed by atoms with van der Waals surface area (Å²) in [6.07, 6.45) is 7.33. The predicted octanol–water partition coefficient (Wildman–Crippen LogP) is 3.18. The maximum Gasteiger partial charge on any atom is 0.308 e. The van der Waals surface area contributed by atoms with Crippen molar-refractivity contribution in [3.05, 3.63) is 59.9 Å². The molecule has 0 amide bonds. The van der Waals surface area contributed by atoms with Gasteiger partial charge in [-0.05, 0) is 23.8 Å². The van der Waals surface area contributed by atoms with E-state index < -0.39 is 0 Å². The Morgan fingerprint density at radius 3 is 2.56 bits per heavy atom. The number of hydrogen-bond acceptors (Lipinski definition) is 3. The van der Waals surface area contributed by atoms with Crippen LogP contribution in [0.25, 0.3) is 12.2 Å². The van der Waals surface area contributed by atoms with Crippen LogP contribution in [0.1, 0.15) is 18.1 Å². The SMILES string of the molecule is CC(=O)Oc1ccccc1/C=C/c1ccncc1. The minimum atomic E-state index is -0.320. The number of esters is 1. The van der Waals surface area contributed by atoms with Gasteiger partial charge in [0.05, 0.1) is 0 Å². The fourth-order valence-electron chi connectivity index (χ4n) is 1.53. The Hall–Kier alpha value is -2.42. The van der Waals surface area contributed by atoms with Crippen molar-refractivity contribution in [2.45, 2.75) is 6.92 Å². The normalized spacial score (nSPS) is 10.5. The lowest BCUT2D eigenvalue weighted by molar-refractivity contribution is -0.131. The van der Waals surface area contributed by atoms with Crippen molar-refractivity contribution >= 4 is 18.1 Å². The van der Waals surface area contributed by atoms with Crippen LogP contribution in [0.2, 0.25) is 0 Å². The molecule has 0 fully saturated rings. The Bertz CT molecular complexity index is 562. The summed E-state index contributed by atoms with van der Waals surface area (Å²) in [6, 6.07) is 11.2. The van der Waals surface area contributed by atoms with Crippen molar-refractivity contribution < 1.29 is 9.53 Å². The lowest BCUT2D eigenvalue weighted by atomic mass is 10.1. The predicted molar refractivity (Wildman–Crippen MR) is 70.9 cm³/mol. The second-order valence-corrected chi connectivity index (χ2v) is 3.75. The summed E-state index contributed by atoms with van der Waals surface area (Å²) < 4.78 is 5.13. The molecular weight excluding hydrogens is 226 g/mol. The zero-order chi connectivity index (χ0) is 12.8. The number of hydrogen-bond donors (Lipinski definition) is 0. The third kappa shape index (κ3) is 3.28. The maximum absolute atomic E-state index is 11.0. The number of rotatable bonds is 3. The van der Waals surface area contributed by atoms with E-state index in [0.717, 1.165) is 11.1 Å². The largest absolute Gasteiger partial charge is 0.426 e. The molecule has 1 aromatic heterocycles. The first-order chi connectivity index (χ1) is 8.75. The van der Waals surface area contributed by atoms with Gasteiger partial charge < -0.3 is 4.74 Å². The van der Waals surface area contributed by atoms with Crippen molar-refractivity contribution in [1.29, 1.82) is 0 Å². The van der Waals surface area contributed by atoms with Crippen LogP contribution >= 0.6 is 0 Å². The van der Waals surface area contributed by atoms with Crippen LogP contribution in [-0.2, 0) is 4.79 Å². The van der Waals surface area contributed by atoms with Crippen molar-refractivity contribution in [2.75, 3.05) is 0 Å². The van der Waals surface area contributed by atoms with Crippen LogP contribution in [0.4, 0.5) is 0 Å². The first-order valence-corrected chi connectivity index (χ1v) is 5.61. The van der Waals surface area contributed by atoms with E-state index in [4.69, 9.17) is 4.74 Å².